The Bertz CT molecular complexity index is 344. The molecule has 1 aromatic rings. The van der Waals surface area contributed by atoms with Crippen LogP contribution in [0.25, 0.3) is 6.08 Å². The van der Waals surface area contributed by atoms with Crippen molar-refractivity contribution in [1.29, 1.82) is 0 Å². The molecule has 0 fully saturated rings. The van der Waals surface area contributed by atoms with Crippen LogP contribution in [0.4, 0.5) is 0 Å². The summed E-state index contributed by atoms with van der Waals surface area (Å²) in [5.74, 6) is 0.715. The summed E-state index contributed by atoms with van der Waals surface area (Å²) < 4.78 is 0. The molecule has 1 unspecified atom stereocenters. The molecule has 1 nitrogen and oxygen atoms in total. The van der Waals surface area contributed by atoms with Crippen molar-refractivity contribution in [3.63, 3.8) is 0 Å². The maximum atomic E-state index is 5.81. The minimum Gasteiger partial charge on any atom is -0.324 e. The first kappa shape index (κ1) is 13.0. The largest absolute Gasteiger partial charge is 0.324 e. The summed E-state index contributed by atoms with van der Waals surface area (Å²) >= 11 is 0. The van der Waals surface area contributed by atoms with Crippen LogP contribution < -0.4 is 5.73 Å². The van der Waals surface area contributed by atoms with Gasteiger partial charge in [0.25, 0.3) is 0 Å². The van der Waals surface area contributed by atoms with E-state index in [-0.39, 0.29) is 6.04 Å². The fourth-order valence-corrected chi connectivity index (χ4v) is 1.62. The minimum absolute atomic E-state index is 0.135. The molecule has 0 saturated heterocycles. The summed E-state index contributed by atoms with van der Waals surface area (Å²) in [5.41, 5.74) is 9.68. The predicted octanol–water partition coefficient (Wildman–Crippen LogP) is 3.64. The second-order valence-electron chi connectivity index (χ2n) is 5.02. The predicted molar refractivity (Wildman–Crippen MR) is 72.3 cm³/mol. The number of hydrogen-bond donors (Lipinski definition) is 1. The topological polar surface area (TPSA) is 26.0 Å². The minimum atomic E-state index is 0.135. The summed E-state index contributed by atoms with van der Waals surface area (Å²) in [6, 6.07) is 8.89. The lowest BCUT2D eigenvalue weighted by molar-refractivity contribution is 0.647. The van der Waals surface area contributed by atoms with Gasteiger partial charge >= 0.3 is 0 Å². The van der Waals surface area contributed by atoms with Crippen LogP contribution in [0.1, 0.15) is 38.8 Å². The molecule has 0 spiro atoms. The van der Waals surface area contributed by atoms with Gasteiger partial charge in [-0.25, -0.2) is 0 Å². The van der Waals surface area contributed by atoms with E-state index in [1.54, 1.807) is 0 Å². The molecule has 0 aliphatic rings. The highest BCUT2D eigenvalue weighted by Crippen LogP contribution is 2.13. The SMILES string of the molecule is C/C(=C/c1ccc(CC(C)C)cc1)C(C)N. The van der Waals surface area contributed by atoms with Crippen LogP contribution in [0.5, 0.6) is 0 Å². The summed E-state index contributed by atoms with van der Waals surface area (Å²) in [6.45, 7) is 8.58. The van der Waals surface area contributed by atoms with Crippen LogP contribution in [0, 0.1) is 5.92 Å². The monoisotopic (exact) mass is 217 g/mol. The highest BCUT2D eigenvalue weighted by atomic mass is 14.6. The Morgan fingerprint density at radius 1 is 1.19 bits per heavy atom. The highest BCUT2D eigenvalue weighted by Gasteiger charge is 1.99. The van der Waals surface area contributed by atoms with Gasteiger partial charge in [0.15, 0.2) is 0 Å². The number of rotatable bonds is 4. The third kappa shape index (κ3) is 4.19. The molecular formula is C15H23N. The van der Waals surface area contributed by atoms with Gasteiger partial charge in [-0.2, -0.15) is 0 Å². The van der Waals surface area contributed by atoms with E-state index in [1.165, 1.54) is 16.7 Å². The van der Waals surface area contributed by atoms with Gasteiger partial charge in [-0.1, -0.05) is 49.8 Å². The second kappa shape index (κ2) is 5.86. The van der Waals surface area contributed by atoms with Gasteiger partial charge in [-0.15, -0.1) is 0 Å². The van der Waals surface area contributed by atoms with Crippen LogP contribution in [0.3, 0.4) is 0 Å². The van der Waals surface area contributed by atoms with Crippen molar-refractivity contribution in [1.82, 2.24) is 0 Å². The van der Waals surface area contributed by atoms with Crippen molar-refractivity contribution in [2.45, 2.75) is 40.2 Å². The summed E-state index contributed by atoms with van der Waals surface area (Å²) in [4.78, 5) is 0. The summed E-state index contributed by atoms with van der Waals surface area (Å²) in [7, 11) is 0. The quantitative estimate of drug-likeness (QED) is 0.818. The van der Waals surface area contributed by atoms with Crippen molar-refractivity contribution in [3.05, 3.63) is 41.0 Å². The van der Waals surface area contributed by atoms with Crippen LogP contribution >= 0.6 is 0 Å². The van der Waals surface area contributed by atoms with Gasteiger partial charge in [-0.3, -0.25) is 0 Å². The number of nitrogens with two attached hydrogens (primary N) is 1. The number of benzene rings is 1. The van der Waals surface area contributed by atoms with Crippen LogP contribution in [-0.2, 0) is 6.42 Å². The van der Waals surface area contributed by atoms with Crippen molar-refractivity contribution in [2.24, 2.45) is 11.7 Å². The third-order valence-corrected chi connectivity index (χ3v) is 2.74. The Morgan fingerprint density at radius 2 is 1.75 bits per heavy atom. The fourth-order valence-electron chi connectivity index (χ4n) is 1.62. The Morgan fingerprint density at radius 3 is 2.19 bits per heavy atom. The molecule has 0 saturated carbocycles. The molecule has 0 radical (unpaired) electrons. The Kier molecular flexibility index (Phi) is 4.75. The van der Waals surface area contributed by atoms with Gasteiger partial charge in [0.05, 0.1) is 0 Å². The van der Waals surface area contributed by atoms with E-state index in [2.05, 4.69) is 51.1 Å². The van der Waals surface area contributed by atoms with Gasteiger partial charge in [-0.05, 0) is 37.3 Å². The van der Waals surface area contributed by atoms with Gasteiger partial charge in [0.2, 0.25) is 0 Å². The Labute approximate surface area is 99.4 Å². The zero-order valence-corrected chi connectivity index (χ0v) is 10.8. The molecule has 0 aliphatic carbocycles. The molecule has 1 heteroatoms. The maximum Gasteiger partial charge on any atom is 0.0225 e. The Hall–Kier alpha value is -1.08. The normalized spacial score (nSPS) is 14.2. The third-order valence-electron chi connectivity index (χ3n) is 2.74. The van der Waals surface area contributed by atoms with Crippen LogP contribution in [0.2, 0.25) is 0 Å². The first-order valence-corrected chi connectivity index (χ1v) is 6.01. The van der Waals surface area contributed by atoms with E-state index in [9.17, 15) is 0 Å². The lowest BCUT2D eigenvalue weighted by Crippen LogP contribution is -2.15. The van der Waals surface area contributed by atoms with E-state index in [0.717, 1.165) is 6.42 Å². The van der Waals surface area contributed by atoms with Crippen LogP contribution in [0.15, 0.2) is 29.8 Å². The Balaban J connectivity index is 2.75. The van der Waals surface area contributed by atoms with Crippen molar-refractivity contribution < 1.29 is 0 Å². The van der Waals surface area contributed by atoms with Crippen molar-refractivity contribution in [2.75, 3.05) is 0 Å². The first-order chi connectivity index (χ1) is 7.49. The lowest BCUT2D eigenvalue weighted by Gasteiger charge is -2.07. The molecule has 0 aromatic heterocycles. The molecule has 1 aromatic carbocycles. The van der Waals surface area contributed by atoms with Crippen LogP contribution in [-0.4, -0.2) is 6.04 Å². The smallest absolute Gasteiger partial charge is 0.0225 e. The molecule has 0 bridgehead atoms. The van der Waals surface area contributed by atoms with E-state index in [1.807, 2.05) is 6.92 Å². The fraction of sp³-hybridized carbons (Fsp3) is 0.467. The number of hydrogen-bond acceptors (Lipinski definition) is 1. The van der Waals surface area contributed by atoms with E-state index < -0.39 is 0 Å². The van der Waals surface area contributed by atoms with Crippen molar-refractivity contribution in [3.8, 4) is 0 Å². The zero-order chi connectivity index (χ0) is 12.1. The highest BCUT2D eigenvalue weighted by molar-refractivity contribution is 5.53. The van der Waals surface area contributed by atoms with Crippen molar-refractivity contribution >= 4 is 6.08 Å². The molecule has 1 atom stereocenters. The first-order valence-electron chi connectivity index (χ1n) is 6.01. The summed E-state index contributed by atoms with van der Waals surface area (Å²) in [6.07, 6.45) is 3.31. The maximum absolute atomic E-state index is 5.81. The molecular weight excluding hydrogens is 194 g/mol. The van der Waals surface area contributed by atoms with E-state index in [0.29, 0.717) is 5.92 Å². The second-order valence-corrected chi connectivity index (χ2v) is 5.02. The van der Waals surface area contributed by atoms with E-state index >= 15 is 0 Å². The molecule has 0 heterocycles. The van der Waals surface area contributed by atoms with Gasteiger partial charge in [0, 0.05) is 6.04 Å². The standard InChI is InChI=1S/C15H23N/c1-11(2)9-14-5-7-15(8-6-14)10-12(3)13(4)16/h5-8,10-11,13H,9,16H2,1-4H3/b12-10-. The van der Waals surface area contributed by atoms with Gasteiger partial charge < -0.3 is 5.73 Å². The molecule has 1 rings (SSSR count). The van der Waals surface area contributed by atoms with E-state index in [4.69, 9.17) is 5.73 Å². The summed E-state index contributed by atoms with van der Waals surface area (Å²) in [5, 5.41) is 0. The zero-order valence-electron chi connectivity index (χ0n) is 10.8. The molecule has 0 amide bonds. The average molecular weight is 217 g/mol. The average Bonchev–Trinajstić information content (AvgIpc) is 2.20. The molecule has 0 aliphatic heterocycles. The molecule has 16 heavy (non-hydrogen) atoms. The lowest BCUT2D eigenvalue weighted by atomic mass is 10.0. The molecule has 2 N–H and O–H groups in total. The molecule has 88 valence electrons. The van der Waals surface area contributed by atoms with Gasteiger partial charge in [0.1, 0.15) is 0 Å².